The molecule has 9 nitrogen and oxygen atoms in total. The maximum atomic E-state index is 11.5. The first-order chi connectivity index (χ1) is 13.1. The summed E-state index contributed by atoms with van der Waals surface area (Å²) in [5, 5.41) is 8.59. The smallest absolute Gasteiger partial charge is 0.410 e. The summed E-state index contributed by atoms with van der Waals surface area (Å²) in [6.45, 7) is 14.2. The quantitative estimate of drug-likeness (QED) is 0.755. The normalized spacial score (nSPS) is 17.3. The van der Waals surface area contributed by atoms with E-state index in [-0.39, 0.29) is 30.9 Å². The zero-order chi connectivity index (χ0) is 22.6. The first-order valence-corrected chi connectivity index (χ1v) is 9.84. The SMILES string of the molecule is CC(C)(C)OC(=O)N1CC(C(=O)O)C1.CCC(=O)C1CN(C(=O)OC(C)(C)C)C1. The van der Waals surface area contributed by atoms with Crippen molar-refractivity contribution in [2.75, 3.05) is 26.2 Å². The van der Waals surface area contributed by atoms with Crippen LogP contribution in [0.3, 0.4) is 0 Å². The number of hydrogen-bond acceptors (Lipinski definition) is 6. The standard InChI is InChI=1S/C11H19NO3.C9H15NO4/c1-5-9(13)8-6-12(7-8)10(14)15-11(2,3)4;1-9(2,3)14-8(13)10-4-6(5-10)7(11)12/h8H,5-7H2,1-4H3;6H,4-5H2,1-3H3,(H,11,12). The van der Waals surface area contributed by atoms with Gasteiger partial charge in [0.25, 0.3) is 0 Å². The van der Waals surface area contributed by atoms with Gasteiger partial charge in [-0.1, -0.05) is 6.92 Å². The second-order valence-corrected chi connectivity index (χ2v) is 9.32. The number of rotatable bonds is 3. The molecule has 2 heterocycles. The van der Waals surface area contributed by atoms with Gasteiger partial charge in [-0.2, -0.15) is 0 Å². The first kappa shape index (κ1) is 24.7. The molecule has 0 atom stereocenters. The van der Waals surface area contributed by atoms with Crippen molar-refractivity contribution < 1.29 is 33.8 Å². The zero-order valence-electron chi connectivity index (χ0n) is 18.5. The number of carbonyl (C=O) groups is 4. The van der Waals surface area contributed by atoms with Crippen molar-refractivity contribution in [3.8, 4) is 0 Å². The lowest BCUT2D eigenvalue weighted by molar-refractivity contribution is -0.146. The molecule has 0 spiro atoms. The number of aliphatic carboxylic acids is 1. The van der Waals surface area contributed by atoms with Gasteiger partial charge < -0.3 is 24.4 Å². The maximum absolute atomic E-state index is 11.5. The molecule has 2 aliphatic heterocycles. The Bertz CT molecular complexity index is 622. The van der Waals surface area contributed by atoms with Crippen LogP contribution in [0.5, 0.6) is 0 Å². The lowest BCUT2D eigenvalue weighted by Crippen LogP contribution is -2.54. The van der Waals surface area contributed by atoms with E-state index in [1.807, 2.05) is 27.7 Å². The Morgan fingerprint density at radius 2 is 1.14 bits per heavy atom. The average Bonchev–Trinajstić information content (AvgIpc) is 2.39. The molecule has 0 aromatic heterocycles. The van der Waals surface area contributed by atoms with E-state index in [2.05, 4.69) is 0 Å². The van der Waals surface area contributed by atoms with Crippen molar-refractivity contribution in [1.29, 1.82) is 0 Å². The second kappa shape index (κ2) is 9.45. The van der Waals surface area contributed by atoms with Gasteiger partial charge in [0.2, 0.25) is 0 Å². The molecule has 0 unspecified atom stereocenters. The van der Waals surface area contributed by atoms with Gasteiger partial charge in [0.15, 0.2) is 0 Å². The molecule has 2 saturated heterocycles. The van der Waals surface area contributed by atoms with Crippen LogP contribution in [0.4, 0.5) is 9.59 Å². The molecule has 1 N–H and O–H groups in total. The van der Waals surface area contributed by atoms with Gasteiger partial charge in [-0.05, 0) is 41.5 Å². The van der Waals surface area contributed by atoms with Crippen molar-refractivity contribution >= 4 is 23.9 Å². The summed E-state index contributed by atoms with van der Waals surface area (Å²) in [6, 6.07) is 0. The summed E-state index contributed by atoms with van der Waals surface area (Å²) in [4.78, 5) is 47.5. The van der Waals surface area contributed by atoms with Crippen molar-refractivity contribution in [3.63, 3.8) is 0 Å². The fourth-order valence-corrected chi connectivity index (χ4v) is 2.56. The monoisotopic (exact) mass is 414 g/mol. The Labute approximate surface area is 172 Å². The van der Waals surface area contributed by atoms with Crippen LogP contribution in [-0.4, -0.2) is 76.2 Å². The number of hydrogen-bond donors (Lipinski definition) is 1. The van der Waals surface area contributed by atoms with Crippen LogP contribution in [0.2, 0.25) is 0 Å². The predicted molar refractivity (Wildman–Crippen MR) is 106 cm³/mol. The van der Waals surface area contributed by atoms with E-state index in [9.17, 15) is 19.2 Å². The third kappa shape index (κ3) is 8.29. The summed E-state index contributed by atoms with van der Waals surface area (Å²) < 4.78 is 10.2. The minimum Gasteiger partial charge on any atom is -0.481 e. The van der Waals surface area contributed by atoms with E-state index in [4.69, 9.17) is 14.6 Å². The number of carbonyl (C=O) groups excluding carboxylic acids is 3. The minimum atomic E-state index is -0.857. The van der Waals surface area contributed by atoms with Crippen LogP contribution < -0.4 is 0 Å². The molecule has 166 valence electrons. The van der Waals surface area contributed by atoms with Crippen LogP contribution in [0.25, 0.3) is 0 Å². The van der Waals surface area contributed by atoms with Crippen LogP contribution in [-0.2, 0) is 19.1 Å². The molecule has 0 aromatic rings. The van der Waals surface area contributed by atoms with Gasteiger partial charge in [-0.25, -0.2) is 9.59 Å². The Morgan fingerprint density at radius 1 is 0.793 bits per heavy atom. The van der Waals surface area contributed by atoms with Gasteiger partial charge >= 0.3 is 18.2 Å². The summed E-state index contributed by atoms with van der Waals surface area (Å²) >= 11 is 0. The number of carboxylic acids is 1. The van der Waals surface area contributed by atoms with Crippen LogP contribution in [0, 0.1) is 11.8 Å². The topological polar surface area (TPSA) is 113 Å². The molecule has 2 rings (SSSR count). The summed E-state index contributed by atoms with van der Waals surface area (Å²) in [5.74, 6) is -1.02. The number of nitrogens with zero attached hydrogens (tertiary/aromatic N) is 2. The summed E-state index contributed by atoms with van der Waals surface area (Å²) in [6.07, 6.45) is -0.204. The highest BCUT2D eigenvalue weighted by Crippen LogP contribution is 2.21. The fourth-order valence-electron chi connectivity index (χ4n) is 2.56. The van der Waals surface area contributed by atoms with E-state index in [0.717, 1.165) is 0 Å². The third-order valence-corrected chi connectivity index (χ3v) is 4.22. The van der Waals surface area contributed by atoms with Crippen molar-refractivity contribution in [3.05, 3.63) is 0 Å². The molecule has 2 fully saturated rings. The van der Waals surface area contributed by atoms with Gasteiger partial charge in [-0.3, -0.25) is 9.59 Å². The van der Waals surface area contributed by atoms with Crippen molar-refractivity contribution in [2.45, 2.75) is 66.1 Å². The molecular weight excluding hydrogens is 380 g/mol. The Kier molecular flexibility index (Phi) is 8.06. The molecule has 0 saturated carbocycles. The lowest BCUT2D eigenvalue weighted by Gasteiger charge is -2.38. The molecule has 29 heavy (non-hydrogen) atoms. The molecule has 2 aliphatic rings. The van der Waals surface area contributed by atoms with E-state index in [0.29, 0.717) is 19.5 Å². The minimum absolute atomic E-state index is 0.0301. The highest BCUT2D eigenvalue weighted by molar-refractivity contribution is 5.84. The van der Waals surface area contributed by atoms with Crippen LogP contribution in [0.15, 0.2) is 0 Å². The van der Waals surface area contributed by atoms with Gasteiger partial charge in [0, 0.05) is 32.6 Å². The Morgan fingerprint density at radius 3 is 1.41 bits per heavy atom. The number of ether oxygens (including phenoxy) is 2. The summed E-state index contributed by atoms with van der Waals surface area (Å²) in [7, 11) is 0. The lowest BCUT2D eigenvalue weighted by atomic mass is 9.94. The summed E-state index contributed by atoms with van der Waals surface area (Å²) in [5.41, 5.74) is -0.984. The second-order valence-electron chi connectivity index (χ2n) is 9.32. The highest BCUT2D eigenvalue weighted by Gasteiger charge is 2.38. The molecular formula is C20H34N2O7. The van der Waals surface area contributed by atoms with E-state index in [1.54, 1.807) is 25.7 Å². The predicted octanol–water partition coefficient (Wildman–Crippen LogP) is 2.77. The molecule has 0 aromatic carbocycles. The fraction of sp³-hybridized carbons (Fsp3) is 0.800. The van der Waals surface area contributed by atoms with E-state index < -0.39 is 29.2 Å². The number of ketones is 1. The van der Waals surface area contributed by atoms with Crippen LogP contribution >= 0.6 is 0 Å². The van der Waals surface area contributed by atoms with Gasteiger partial charge in [0.05, 0.1) is 11.8 Å². The third-order valence-electron chi connectivity index (χ3n) is 4.22. The van der Waals surface area contributed by atoms with Gasteiger partial charge in [-0.15, -0.1) is 0 Å². The number of likely N-dealkylation sites (tertiary alicyclic amines) is 2. The molecule has 9 heteroatoms. The van der Waals surface area contributed by atoms with Crippen molar-refractivity contribution in [2.24, 2.45) is 11.8 Å². The number of carboxylic acid groups (broad SMARTS) is 1. The highest BCUT2D eigenvalue weighted by atomic mass is 16.6. The molecule has 0 bridgehead atoms. The molecule has 0 radical (unpaired) electrons. The van der Waals surface area contributed by atoms with Gasteiger partial charge in [0.1, 0.15) is 17.0 Å². The van der Waals surface area contributed by atoms with Crippen LogP contribution in [0.1, 0.15) is 54.9 Å². The first-order valence-electron chi connectivity index (χ1n) is 9.84. The Hall–Kier alpha value is -2.32. The largest absolute Gasteiger partial charge is 0.481 e. The molecule has 0 aliphatic carbocycles. The maximum Gasteiger partial charge on any atom is 0.410 e. The Balaban J connectivity index is 0.000000291. The molecule has 2 amide bonds. The van der Waals surface area contributed by atoms with E-state index in [1.165, 1.54) is 4.90 Å². The van der Waals surface area contributed by atoms with E-state index >= 15 is 0 Å². The average molecular weight is 414 g/mol. The number of amides is 2. The number of Topliss-reactive ketones (excluding diaryl/α,β-unsaturated/α-hetero) is 1. The van der Waals surface area contributed by atoms with Crippen molar-refractivity contribution in [1.82, 2.24) is 9.80 Å². The zero-order valence-corrected chi connectivity index (χ0v) is 18.5.